The van der Waals surface area contributed by atoms with E-state index in [1.165, 1.54) is 18.4 Å². The Labute approximate surface area is 84.2 Å². The highest BCUT2D eigenvalue weighted by Crippen LogP contribution is 2.44. The van der Waals surface area contributed by atoms with Crippen LogP contribution in [0.3, 0.4) is 0 Å². The first kappa shape index (κ1) is 13.2. The van der Waals surface area contributed by atoms with Gasteiger partial charge in [0.25, 0.3) is 0 Å². The molecule has 2 N–H and O–H groups in total. The third-order valence-corrected chi connectivity index (χ3v) is 10.8. The maximum absolute atomic E-state index is 2.45. The number of hydrogen-bond acceptors (Lipinski definition) is 0. The molecule has 0 aliphatic carbocycles. The van der Waals surface area contributed by atoms with Crippen LogP contribution in [0.15, 0.2) is 0 Å². The summed E-state index contributed by atoms with van der Waals surface area (Å²) < 4.78 is 0. The van der Waals surface area contributed by atoms with E-state index in [-0.39, 0.29) is 5.48 Å². The second kappa shape index (κ2) is 5.81. The minimum Gasteiger partial charge on any atom is -0.412 e. The highest BCUT2D eigenvalue weighted by atomic mass is 28.3. The Morgan fingerprint density at radius 1 is 1.08 bits per heavy atom. The van der Waals surface area contributed by atoms with Crippen molar-refractivity contribution >= 4 is 8.07 Å². The fraction of sp³-hybridized carbons (Fsp3) is 1.00. The topological polar surface area (TPSA) is 31.5 Å². The van der Waals surface area contributed by atoms with Gasteiger partial charge in [-0.2, -0.15) is 0 Å². The van der Waals surface area contributed by atoms with Crippen molar-refractivity contribution < 1.29 is 5.48 Å². The van der Waals surface area contributed by atoms with Gasteiger partial charge in [0, 0.05) is 0 Å². The van der Waals surface area contributed by atoms with Crippen molar-refractivity contribution in [3.8, 4) is 0 Å². The molecule has 0 spiro atoms. The molecule has 0 aromatic rings. The molecule has 0 amide bonds. The molecule has 13 heavy (non-hydrogen) atoms. The molecular weight excluding hydrogens is 176 g/mol. The van der Waals surface area contributed by atoms with Crippen LogP contribution in [-0.4, -0.2) is 13.6 Å². The van der Waals surface area contributed by atoms with Gasteiger partial charge in [0.1, 0.15) is 0 Å². The Bertz CT molecular complexity index is 132. The predicted molar refractivity (Wildman–Crippen MR) is 63.0 cm³/mol. The van der Waals surface area contributed by atoms with E-state index in [4.69, 9.17) is 0 Å². The highest BCUT2D eigenvalue weighted by Gasteiger charge is 2.38. The van der Waals surface area contributed by atoms with Crippen molar-refractivity contribution in [3.63, 3.8) is 0 Å². The van der Waals surface area contributed by atoms with E-state index in [1.54, 1.807) is 31.0 Å². The average Bonchev–Trinajstić information content (AvgIpc) is 2.17. The summed E-state index contributed by atoms with van der Waals surface area (Å²) in [6.07, 6.45) is 6.09. The van der Waals surface area contributed by atoms with Gasteiger partial charge in [0.05, 0.1) is 8.07 Å². The molecule has 1 aliphatic heterocycles. The second-order valence-corrected chi connectivity index (χ2v) is 9.88. The van der Waals surface area contributed by atoms with Crippen molar-refractivity contribution in [3.05, 3.63) is 0 Å². The zero-order valence-electron chi connectivity index (χ0n) is 9.53. The van der Waals surface area contributed by atoms with E-state index in [9.17, 15) is 0 Å². The van der Waals surface area contributed by atoms with Gasteiger partial charge in [0.15, 0.2) is 0 Å². The van der Waals surface area contributed by atoms with E-state index >= 15 is 0 Å². The maximum atomic E-state index is 2.45. The van der Waals surface area contributed by atoms with Crippen molar-refractivity contribution in [2.45, 2.75) is 70.1 Å². The summed E-state index contributed by atoms with van der Waals surface area (Å²) >= 11 is 0. The average molecular weight is 202 g/mol. The first-order valence-electron chi connectivity index (χ1n) is 5.79. The molecule has 0 aromatic heterocycles. The summed E-state index contributed by atoms with van der Waals surface area (Å²) in [7, 11) is -0.760. The van der Waals surface area contributed by atoms with E-state index in [0.717, 1.165) is 0 Å². The first-order valence-corrected chi connectivity index (χ1v) is 8.49. The van der Waals surface area contributed by atoms with Crippen molar-refractivity contribution in [1.29, 1.82) is 0 Å². The molecule has 0 radical (unpaired) electrons. The first-order chi connectivity index (χ1) is 5.79. The van der Waals surface area contributed by atoms with Crippen LogP contribution < -0.4 is 0 Å². The van der Waals surface area contributed by atoms with E-state index < -0.39 is 8.07 Å². The monoisotopic (exact) mass is 202 g/mol. The van der Waals surface area contributed by atoms with Crippen LogP contribution in [0.5, 0.6) is 0 Å². The Hall–Kier alpha value is 0.177. The zero-order chi connectivity index (χ0) is 9.03. The standard InChI is InChI=1S/C11H24Si.H2O/c1-4-11-9-7-8-10-12(11,5-2)6-3;/h11H,4-10H2,1-3H3;1H2. The fourth-order valence-electron chi connectivity index (χ4n) is 3.20. The van der Waals surface area contributed by atoms with Gasteiger partial charge in [0.2, 0.25) is 0 Å². The fourth-order valence-corrected chi connectivity index (χ4v) is 8.60. The zero-order valence-corrected chi connectivity index (χ0v) is 10.5. The Morgan fingerprint density at radius 3 is 2.08 bits per heavy atom. The predicted octanol–water partition coefficient (Wildman–Crippen LogP) is 3.61. The molecule has 1 atom stereocenters. The van der Waals surface area contributed by atoms with Crippen LogP contribution in [0.1, 0.15) is 46.5 Å². The van der Waals surface area contributed by atoms with Gasteiger partial charge in [-0.1, -0.05) is 64.6 Å². The Morgan fingerprint density at radius 2 is 1.69 bits per heavy atom. The van der Waals surface area contributed by atoms with Crippen LogP contribution in [0.4, 0.5) is 0 Å². The summed E-state index contributed by atoms with van der Waals surface area (Å²) in [5.74, 6) is 0. The lowest BCUT2D eigenvalue weighted by Crippen LogP contribution is -2.40. The molecule has 0 bridgehead atoms. The molecule has 80 valence electrons. The van der Waals surface area contributed by atoms with Crippen molar-refractivity contribution in [2.75, 3.05) is 0 Å². The minimum absolute atomic E-state index is 0. The Balaban J connectivity index is 0.00000144. The molecule has 1 nitrogen and oxygen atoms in total. The Kier molecular flexibility index (Phi) is 5.89. The highest BCUT2D eigenvalue weighted by molar-refractivity contribution is 6.81. The third kappa shape index (κ3) is 2.56. The van der Waals surface area contributed by atoms with Gasteiger partial charge in [-0.15, -0.1) is 0 Å². The number of rotatable bonds is 3. The molecule has 1 aliphatic rings. The molecule has 1 unspecified atom stereocenters. The molecule has 1 rings (SSSR count). The van der Waals surface area contributed by atoms with Crippen LogP contribution in [0.25, 0.3) is 0 Å². The molecule has 0 saturated carbocycles. The van der Waals surface area contributed by atoms with Crippen LogP contribution in [0.2, 0.25) is 23.7 Å². The minimum atomic E-state index is -0.760. The van der Waals surface area contributed by atoms with Gasteiger partial charge in [-0.25, -0.2) is 0 Å². The smallest absolute Gasteiger partial charge is 0.0561 e. The molecule has 1 fully saturated rings. The van der Waals surface area contributed by atoms with Gasteiger partial charge in [-0.3, -0.25) is 0 Å². The lowest BCUT2D eigenvalue weighted by molar-refractivity contribution is 0.584. The summed E-state index contributed by atoms with van der Waals surface area (Å²) in [5.41, 5.74) is 1.17. The van der Waals surface area contributed by atoms with E-state index in [0.29, 0.717) is 0 Å². The van der Waals surface area contributed by atoms with Gasteiger partial charge >= 0.3 is 0 Å². The van der Waals surface area contributed by atoms with E-state index in [2.05, 4.69) is 20.8 Å². The molecule has 0 aromatic carbocycles. The van der Waals surface area contributed by atoms with E-state index in [1.807, 2.05) is 0 Å². The lowest BCUT2D eigenvalue weighted by atomic mass is 10.1. The molecule has 1 heterocycles. The van der Waals surface area contributed by atoms with Crippen LogP contribution in [0, 0.1) is 0 Å². The summed E-state index contributed by atoms with van der Waals surface area (Å²) in [5, 5.41) is 0. The third-order valence-electron chi connectivity index (χ3n) is 4.24. The van der Waals surface area contributed by atoms with Crippen LogP contribution in [-0.2, 0) is 0 Å². The summed E-state index contributed by atoms with van der Waals surface area (Å²) in [6.45, 7) is 7.30. The lowest BCUT2D eigenvalue weighted by Gasteiger charge is -2.41. The quantitative estimate of drug-likeness (QED) is 0.626. The summed E-state index contributed by atoms with van der Waals surface area (Å²) in [6, 6.07) is 4.72. The summed E-state index contributed by atoms with van der Waals surface area (Å²) in [4.78, 5) is 0. The SMILES string of the molecule is CCC1CCCC[Si]1(CC)CC.O. The molecule has 2 heteroatoms. The largest absolute Gasteiger partial charge is 0.412 e. The van der Waals surface area contributed by atoms with Crippen molar-refractivity contribution in [1.82, 2.24) is 0 Å². The van der Waals surface area contributed by atoms with Gasteiger partial charge in [-0.05, 0) is 5.54 Å². The van der Waals surface area contributed by atoms with Crippen molar-refractivity contribution in [2.24, 2.45) is 0 Å². The molecular formula is C11H26OSi. The normalized spacial score (nSPS) is 26.5. The maximum Gasteiger partial charge on any atom is 0.0561 e. The second-order valence-electron chi connectivity index (χ2n) is 4.42. The number of hydrogen-bond donors (Lipinski definition) is 0. The van der Waals surface area contributed by atoms with Crippen LogP contribution >= 0.6 is 0 Å². The van der Waals surface area contributed by atoms with Gasteiger partial charge < -0.3 is 5.48 Å². The molecule has 1 saturated heterocycles.